The number of H-pyrrole nitrogens is 2. The molecule has 0 radical (unpaired) electrons. The van der Waals surface area contributed by atoms with E-state index >= 15 is 0 Å². The summed E-state index contributed by atoms with van der Waals surface area (Å²) in [5, 5.41) is 2.45. The zero-order valence-electron chi connectivity index (χ0n) is 6.10. The van der Waals surface area contributed by atoms with Crippen molar-refractivity contribution in [3.63, 3.8) is 0 Å². The van der Waals surface area contributed by atoms with Crippen LogP contribution in [0.3, 0.4) is 0 Å². The Kier molecular flexibility index (Phi) is 2.10. The normalized spacial score (nSPS) is 9.55. The highest BCUT2D eigenvalue weighted by Gasteiger charge is 2.01. The summed E-state index contributed by atoms with van der Waals surface area (Å²) < 4.78 is 0. The van der Waals surface area contributed by atoms with Gasteiger partial charge in [0.25, 0.3) is 0 Å². The van der Waals surface area contributed by atoms with E-state index in [4.69, 9.17) is 0 Å². The molecule has 0 atom stereocenters. The van der Waals surface area contributed by atoms with Crippen LogP contribution in [-0.4, -0.2) is 22.9 Å². The number of hydrogen-bond donors (Lipinski definition) is 3. The smallest absolute Gasteiger partial charge is 0.323 e. The fourth-order valence-corrected chi connectivity index (χ4v) is 0.727. The summed E-state index contributed by atoms with van der Waals surface area (Å²) in [5.41, 5.74) is 0.304. The lowest BCUT2D eigenvalue weighted by molar-refractivity contribution is -0.120. The van der Waals surface area contributed by atoms with Crippen LogP contribution in [0.2, 0.25) is 0 Å². The van der Waals surface area contributed by atoms with E-state index in [9.17, 15) is 9.59 Å². The molecular weight excluding hydrogens is 146 g/mol. The topological polar surface area (TPSA) is 77.8 Å². The largest absolute Gasteiger partial charge is 0.359 e. The molecule has 0 fully saturated rings. The monoisotopic (exact) mass is 155 g/mol. The molecule has 0 saturated heterocycles. The molecule has 0 unspecified atom stereocenters. The maximum atomic E-state index is 10.7. The quantitative estimate of drug-likeness (QED) is 0.511. The lowest BCUT2D eigenvalue weighted by Crippen LogP contribution is -2.20. The molecule has 1 aromatic heterocycles. The predicted molar refractivity (Wildman–Crippen MR) is 39.2 cm³/mol. The number of aromatic nitrogens is 2. The van der Waals surface area contributed by atoms with Gasteiger partial charge in [0.15, 0.2) is 0 Å². The van der Waals surface area contributed by atoms with Gasteiger partial charge in [-0.1, -0.05) is 0 Å². The molecule has 0 aromatic carbocycles. The van der Waals surface area contributed by atoms with E-state index in [0.717, 1.165) is 0 Å². The molecule has 0 aliphatic carbocycles. The van der Waals surface area contributed by atoms with Crippen LogP contribution in [0.25, 0.3) is 0 Å². The van der Waals surface area contributed by atoms with Crippen LogP contribution >= 0.6 is 0 Å². The number of carbonyl (C=O) groups is 1. The van der Waals surface area contributed by atoms with Crippen LogP contribution < -0.4 is 11.0 Å². The van der Waals surface area contributed by atoms with Gasteiger partial charge in [0, 0.05) is 18.9 Å². The van der Waals surface area contributed by atoms with Crippen LogP contribution in [0, 0.1) is 0 Å². The number of hydrogen-bond acceptors (Lipinski definition) is 2. The van der Waals surface area contributed by atoms with Crippen molar-refractivity contribution in [2.45, 2.75) is 6.42 Å². The van der Waals surface area contributed by atoms with Crippen molar-refractivity contribution in [2.24, 2.45) is 0 Å². The van der Waals surface area contributed by atoms with Crippen molar-refractivity contribution in [1.29, 1.82) is 0 Å². The van der Waals surface area contributed by atoms with E-state index in [0.29, 0.717) is 5.69 Å². The molecule has 1 amide bonds. The van der Waals surface area contributed by atoms with Crippen LogP contribution in [0.1, 0.15) is 5.69 Å². The van der Waals surface area contributed by atoms with Gasteiger partial charge in [0.1, 0.15) is 0 Å². The summed E-state index contributed by atoms with van der Waals surface area (Å²) in [7, 11) is 1.55. The van der Waals surface area contributed by atoms with Crippen molar-refractivity contribution < 1.29 is 4.79 Å². The Bertz CT molecular complexity index is 299. The number of carbonyl (C=O) groups excluding carboxylic acids is 1. The molecule has 0 aliphatic heterocycles. The highest BCUT2D eigenvalue weighted by Crippen LogP contribution is 1.87. The minimum Gasteiger partial charge on any atom is -0.359 e. The highest BCUT2D eigenvalue weighted by atomic mass is 16.2. The first-order valence-corrected chi connectivity index (χ1v) is 3.19. The fourth-order valence-electron chi connectivity index (χ4n) is 0.727. The first-order valence-electron chi connectivity index (χ1n) is 3.19. The number of imidazole rings is 1. The van der Waals surface area contributed by atoms with Gasteiger partial charge in [-0.2, -0.15) is 0 Å². The maximum Gasteiger partial charge on any atom is 0.323 e. The number of amides is 1. The van der Waals surface area contributed by atoms with Crippen molar-refractivity contribution in [1.82, 2.24) is 15.3 Å². The Labute approximate surface area is 62.8 Å². The average Bonchev–Trinajstić information content (AvgIpc) is 2.35. The number of rotatable bonds is 2. The first kappa shape index (κ1) is 7.59. The zero-order valence-corrected chi connectivity index (χ0v) is 6.10. The third-order valence-electron chi connectivity index (χ3n) is 1.28. The Balaban J connectivity index is 2.65. The summed E-state index contributed by atoms with van der Waals surface area (Å²) in [4.78, 5) is 26.1. The van der Waals surface area contributed by atoms with Gasteiger partial charge in [-0.15, -0.1) is 0 Å². The SMILES string of the molecule is CNC(=O)Cc1c[nH]c(=O)[nH]1. The van der Waals surface area contributed by atoms with Crippen molar-refractivity contribution in [2.75, 3.05) is 7.05 Å². The Morgan fingerprint density at radius 3 is 2.91 bits per heavy atom. The second-order valence-electron chi connectivity index (χ2n) is 2.12. The van der Waals surface area contributed by atoms with Gasteiger partial charge < -0.3 is 15.3 Å². The van der Waals surface area contributed by atoms with Crippen LogP contribution in [0.15, 0.2) is 11.0 Å². The molecule has 1 aromatic rings. The van der Waals surface area contributed by atoms with Gasteiger partial charge in [-0.3, -0.25) is 4.79 Å². The van der Waals surface area contributed by atoms with Crippen molar-refractivity contribution in [3.05, 3.63) is 22.4 Å². The third-order valence-corrected chi connectivity index (χ3v) is 1.28. The number of nitrogens with one attached hydrogen (secondary N) is 3. The van der Waals surface area contributed by atoms with E-state index in [-0.39, 0.29) is 18.0 Å². The first-order chi connectivity index (χ1) is 5.22. The highest BCUT2D eigenvalue weighted by molar-refractivity contribution is 5.77. The van der Waals surface area contributed by atoms with Crippen molar-refractivity contribution >= 4 is 5.91 Å². The maximum absolute atomic E-state index is 10.7. The van der Waals surface area contributed by atoms with Crippen LogP contribution in [0.4, 0.5) is 0 Å². The van der Waals surface area contributed by atoms with Crippen LogP contribution in [-0.2, 0) is 11.2 Å². The lowest BCUT2D eigenvalue weighted by Gasteiger charge is -1.93. The molecule has 3 N–H and O–H groups in total. The minimum absolute atomic E-state index is 0.125. The van der Waals surface area contributed by atoms with Crippen molar-refractivity contribution in [3.8, 4) is 0 Å². The molecule has 0 spiro atoms. The number of aromatic amines is 2. The second kappa shape index (κ2) is 3.05. The van der Waals surface area contributed by atoms with E-state index in [1.54, 1.807) is 7.05 Å². The third kappa shape index (κ3) is 1.96. The van der Waals surface area contributed by atoms with E-state index in [1.165, 1.54) is 6.20 Å². The summed E-state index contributed by atoms with van der Waals surface area (Å²) >= 11 is 0. The van der Waals surface area contributed by atoms with Gasteiger partial charge in [0.2, 0.25) is 5.91 Å². The fraction of sp³-hybridized carbons (Fsp3) is 0.333. The molecule has 11 heavy (non-hydrogen) atoms. The van der Waals surface area contributed by atoms with E-state index in [1.807, 2.05) is 0 Å². The molecule has 5 nitrogen and oxygen atoms in total. The molecule has 1 rings (SSSR count). The number of likely N-dealkylation sites (N-methyl/N-ethyl adjacent to an activating group) is 1. The van der Waals surface area contributed by atoms with E-state index < -0.39 is 0 Å². The molecule has 0 aliphatic rings. The summed E-state index contributed by atoms with van der Waals surface area (Å²) in [6.45, 7) is 0. The predicted octanol–water partition coefficient (Wildman–Crippen LogP) is -1.01. The molecule has 1 heterocycles. The molecule has 5 heteroatoms. The molecule has 0 saturated carbocycles. The minimum atomic E-state index is -0.288. The van der Waals surface area contributed by atoms with Gasteiger partial charge in [0.05, 0.1) is 6.42 Å². The summed E-state index contributed by atoms with van der Waals surface area (Å²) in [6.07, 6.45) is 1.69. The average molecular weight is 155 g/mol. The Morgan fingerprint density at radius 1 is 1.73 bits per heavy atom. The zero-order chi connectivity index (χ0) is 8.27. The standard InChI is InChI=1S/C6H9N3O2/c1-7-5(10)2-4-3-8-6(11)9-4/h3H,2H2,1H3,(H,7,10)(H2,8,9,11). The molecular formula is C6H9N3O2. The molecule has 60 valence electrons. The molecule has 0 bridgehead atoms. The Hall–Kier alpha value is -1.52. The van der Waals surface area contributed by atoms with E-state index in [2.05, 4.69) is 15.3 Å². The Morgan fingerprint density at radius 2 is 2.45 bits per heavy atom. The second-order valence-corrected chi connectivity index (χ2v) is 2.12. The summed E-state index contributed by atoms with van der Waals surface area (Å²) in [6, 6.07) is 0. The lowest BCUT2D eigenvalue weighted by atomic mass is 10.3. The van der Waals surface area contributed by atoms with Gasteiger partial charge in [-0.25, -0.2) is 4.79 Å². The summed E-state index contributed by atoms with van der Waals surface area (Å²) in [5.74, 6) is -0.125. The van der Waals surface area contributed by atoms with Gasteiger partial charge in [-0.05, 0) is 0 Å². The van der Waals surface area contributed by atoms with Crippen LogP contribution in [0.5, 0.6) is 0 Å². The van der Waals surface area contributed by atoms with Gasteiger partial charge >= 0.3 is 5.69 Å².